The zero-order chi connectivity index (χ0) is 14.0. The van der Waals surface area contributed by atoms with Gasteiger partial charge in [-0.3, -0.25) is 4.79 Å². The van der Waals surface area contributed by atoms with Crippen molar-refractivity contribution in [2.24, 2.45) is 11.7 Å². The van der Waals surface area contributed by atoms with Crippen LogP contribution >= 0.6 is 0 Å². The first kappa shape index (κ1) is 13.9. The number of carbonyl (C=O) groups is 1. The second-order valence-corrected chi connectivity index (χ2v) is 4.80. The fraction of sp³-hybridized carbons (Fsp3) is 0.462. The average molecular weight is 272 g/mol. The summed E-state index contributed by atoms with van der Waals surface area (Å²) in [7, 11) is 0. The number of halogens is 3. The van der Waals surface area contributed by atoms with Crippen LogP contribution in [-0.4, -0.2) is 11.9 Å². The van der Waals surface area contributed by atoms with E-state index in [1.165, 1.54) is 18.2 Å². The van der Waals surface area contributed by atoms with Crippen LogP contribution in [0.25, 0.3) is 0 Å². The van der Waals surface area contributed by atoms with Crippen LogP contribution in [0.1, 0.15) is 24.8 Å². The number of para-hydroxylation sites is 1. The smallest absolute Gasteiger partial charge is 0.327 e. The summed E-state index contributed by atoms with van der Waals surface area (Å²) in [5.41, 5.74) is 4.71. The van der Waals surface area contributed by atoms with E-state index in [0.29, 0.717) is 5.92 Å². The summed E-state index contributed by atoms with van der Waals surface area (Å²) in [6.07, 6.45) is -2.44. The fourth-order valence-corrected chi connectivity index (χ4v) is 1.95. The normalized spacial score (nSPS) is 17.1. The van der Waals surface area contributed by atoms with Crippen molar-refractivity contribution in [1.82, 2.24) is 0 Å². The Labute approximate surface area is 109 Å². The van der Waals surface area contributed by atoms with Gasteiger partial charge in [0, 0.05) is 12.5 Å². The third-order valence-electron chi connectivity index (χ3n) is 3.16. The number of benzene rings is 1. The van der Waals surface area contributed by atoms with Crippen molar-refractivity contribution in [3.63, 3.8) is 0 Å². The van der Waals surface area contributed by atoms with Gasteiger partial charge in [0.2, 0.25) is 5.91 Å². The van der Waals surface area contributed by atoms with Gasteiger partial charge in [-0.25, -0.2) is 0 Å². The molecule has 1 unspecified atom stereocenters. The van der Waals surface area contributed by atoms with Gasteiger partial charge in [-0.05, 0) is 30.9 Å². The van der Waals surface area contributed by atoms with Gasteiger partial charge in [-0.15, -0.1) is 0 Å². The molecule has 104 valence electrons. The van der Waals surface area contributed by atoms with Crippen LogP contribution in [0.5, 0.6) is 0 Å². The Morgan fingerprint density at radius 2 is 2.00 bits per heavy atom. The van der Waals surface area contributed by atoms with Crippen LogP contribution in [0.3, 0.4) is 0 Å². The van der Waals surface area contributed by atoms with Gasteiger partial charge in [-0.1, -0.05) is 12.1 Å². The van der Waals surface area contributed by atoms with E-state index in [4.69, 9.17) is 5.73 Å². The summed E-state index contributed by atoms with van der Waals surface area (Å²) in [6, 6.07) is 4.65. The van der Waals surface area contributed by atoms with Crippen LogP contribution in [-0.2, 0) is 11.0 Å². The highest BCUT2D eigenvalue weighted by atomic mass is 19.4. The monoisotopic (exact) mass is 272 g/mol. The van der Waals surface area contributed by atoms with Crippen LogP contribution in [0.4, 0.5) is 18.9 Å². The van der Waals surface area contributed by atoms with E-state index in [2.05, 4.69) is 5.32 Å². The molecule has 1 amide bonds. The Morgan fingerprint density at radius 1 is 1.37 bits per heavy atom. The maximum Gasteiger partial charge on any atom is 0.418 e. The predicted octanol–water partition coefficient (Wildman–Crippen LogP) is 2.77. The number of rotatable bonds is 4. The molecule has 19 heavy (non-hydrogen) atoms. The molecule has 0 heterocycles. The van der Waals surface area contributed by atoms with Crippen molar-refractivity contribution in [3.8, 4) is 0 Å². The molecular weight excluding hydrogens is 257 g/mol. The zero-order valence-electron chi connectivity index (χ0n) is 10.2. The minimum absolute atomic E-state index is 0.0524. The number of nitrogens with two attached hydrogens (primary N) is 1. The first-order valence-electron chi connectivity index (χ1n) is 6.09. The lowest BCUT2D eigenvalue weighted by Crippen LogP contribution is -2.29. The Bertz CT molecular complexity index is 469. The Balaban J connectivity index is 2.04. The lowest BCUT2D eigenvalue weighted by Gasteiger charge is -2.15. The predicted molar refractivity (Wildman–Crippen MR) is 65.4 cm³/mol. The largest absolute Gasteiger partial charge is 0.418 e. The van der Waals surface area contributed by atoms with E-state index in [0.717, 1.165) is 18.9 Å². The lowest BCUT2D eigenvalue weighted by molar-refractivity contribution is -0.137. The summed E-state index contributed by atoms with van der Waals surface area (Å²) < 4.78 is 38.2. The highest BCUT2D eigenvalue weighted by Gasteiger charge is 2.34. The summed E-state index contributed by atoms with van der Waals surface area (Å²) in [6.45, 7) is 0. The molecule has 1 aliphatic carbocycles. The number of hydrogen-bond acceptors (Lipinski definition) is 2. The van der Waals surface area contributed by atoms with Crippen LogP contribution < -0.4 is 11.1 Å². The molecular formula is C13H15F3N2O. The molecule has 0 saturated heterocycles. The quantitative estimate of drug-likeness (QED) is 0.885. The van der Waals surface area contributed by atoms with Gasteiger partial charge < -0.3 is 11.1 Å². The Morgan fingerprint density at radius 3 is 2.58 bits per heavy atom. The lowest BCUT2D eigenvalue weighted by atomic mass is 10.1. The summed E-state index contributed by atoms with van der Waals surface area (Å²) in [5.74, 6) is -0.139. The maximum atomic E-state index is 12.7. The maximum absolute atomic E-state index is 12.7. The van der Waals surface area contributed by atoms with E-state index in [1.54, 1.807) is 0 Å². The fourth-order valence-electron chi connectivity index (χ4n) is 1.95. The molecule has 1 saturated carbocycles. The van der Waals surface area contributed by atoms with Crippen LogP contribution in [0, 0.1) is 5.92 Å². The van der Waals surface area contributed by atoms with E-state index < -0.39 is 17.6 Å². The first-order chi connectivity index (χ1) is 8.88. The Kier molecular flexibility index (Phi) is 3.80. The van der Waals surface area contributed by atoms with Crippen molar-refractivity contribution < 1.29 is 18.0 Å². The molecule has 1 aliphatic rings. The molecule has 3 N–H and O–H groups in total. The molecule has 0 aliphatic heterocycles. The molecule has 1 aromatic carbocycles. The van der Waals surface area contributed by atoms with Gasteiger partial charge in [0.1, 0.15) is 0 Å². The minimum Gasteiger partial charge on any atom is -0.327 e. The van der Waals surface area contributed by atoms with E-state index in [1.807, 2.05) is 0 Å². The SMILES string of the molecule is NC(CC(=O)Nc1ccccc1C(F)(F)F)C1CC1. The summed E-state index contributed by atoms with van der Waals surface area (Å²) in [5, 5.41) is 2.29. The van der Waals surface area contributed by atoms with E-state index >= 15 is 0 Å². The first-order valence-corrected chi connectivity index (χ1v) is 6.09. The zero-order valence-corrected chi connectivity index (χ0v) is 10.2. The van der Waals surface area contributed by atoms with E-state index in [9.17, 15) is 18.0 Å². The van der Waals surface area contributed by atoms with Gasteiger partial charge in [0.15, 0.2) is 0 Å². The second kappa shape index (κ2) is 5.21. The molecule has 0 bridgehead atoms. The van der Waals surface area contributed by atoms with E-state index in [-0.39, 0.29) is 18.2 Å². The minimum atomic E-state index is -4.48. The molecule has 1 aromatic rings. The molecule has 1 fully saturated rings. The summed E-state index contributed by atoms with van der Waals surface area (Å²) >= 11 is 0. The molecule has 0 spiro atoms. The van der Waals surface area contributed by atoms with Crippen molar-refractivity contribution in [1.29, 1.82) is 0 Å². The van der Waals surface area contributed by atoms with Gasteiger partial charge in [0.05, 0.1) is 11.3 Å². The number of alkyl halides is 3. The van der Waals surface area contributed by atoms with Crippen LogP contribution in [0.2, 0.25) is 0 Å². The van der Waals surface area contributed by atoms with Crippen molar-refractivity contribution in [2.45, 2.75) is 31.5 Å². The van der Waals surface area contributed by atoms with Crippen LogP contribution in [0.15, 0.2) is 24.3 Å². The number of anilines is 1. The highest BCUT2D eigenvalue weighted by molar-refractivity contribution is 5.92. The highest BCUT2D eigenvalue weighted by Crippen LogP contribution is 2.35. The molecule has 0 aromatic heterocycles. The van der Waals surface area contributed by atoms with Gasteiger partial charge >= 0.3 is 6.18 Å². The van der Waals surface area contributed by atoms with Gasteiger partial charge in [-0.2, -0.15) is 13.2 Å². The van der Waals surface area contributed by atoms with Crippen molar-refractivity contribution in [3.05, 3.63) is 29.8 Å². The van der Waals surface area contributed by atoms with Crippen molar-refractivity contribution >= 4 is 11.6 Å². The number of nitrogens with one attached hydrogen (secondary N) is 1. The molecule has 2 rings (SSSR count). The molecule has 6 heteroatoms. The number of hydrogen-bond donors (Lipinski definition) is 2. The van der Waals surface area contributed by atoms with Crippen molar-refractivity contribution in [2.75, 3.05) is 5.32 Å². The second-order valence-electron chi connectivity index (χ2n) is 4.80. The Hall–Kier alpha value is -1.56. The third kappa shape index (κ3) is 3.70. The summed E-state index contributed by atoms with van der Waals surface area (Å²) in [4.78, 5) is 11.7. The number of carbonyl (C=O) groups excluding carboxylic acids is 1. The number of amides is 1. The molecule has 0 radical (unpaired) electrons. The molecule has 1 atom stereocenters. The topological polar surface area (TPSA) is 55.1 Å². The van der Waals surface area contributed by atoms with Gasteiger partial charge in [0.25, 0.3) is 0 Å². The standard InChI is InChI=1S/C13H15F3N2O/c14-13(15,16)9-3-1-2-4-11(9)18-12(19)7-10(17)8-5-6-8/h1-4,8,10H,5-7,17H2,(H,18,19). The third-order valence-corrected chi connectivity index (χ3v) is 3.16. The molecule has 3 nitrogen and oxygen atoms in total. The average Bonchev–Trinajstić information content (AvgIpc) is 3.11.